The van der Waals surface area contributed by atoms with Crippen LogP contribution in [0.25, 0.3) is 10.9 Å². The van der Waals surface area contributed by atoms with Gasteiger partial charge < -0.3 is 24.9 Å². The summed E-state index contributed by atoms with van der Waals surface area (Å²) in [5.41, 5.74) is 2.22. The number of aliphatic hydroxyl groups is 1. The van der Waals surface area contributed by atoms with Crippen molar-refractivity contribution in [2.45, 2.75) is 10.9 Å². The van der Waals surface area contributed by atoms with Gasteiger partial charge in [0.25, 0.3) is 0 Å². The maximum atomic E-state index is 14.0. The monoisotopic (exact) mass is 546 g/mol. The second-order valence-corrected chi connectivity index (χ2v) is 10.2. The Labute approximate surface area is 220 Å². The summed E-state index contributed by atoms with van der Waals surface area (Å²) in [6, 6.07) is 14.4. The number of rotatable bonds is 10. The summed E-state index contributed by atoms with van der Waals surface area (Å²) in [7, 11) is 0.239. The second kappa shape index (κ2) is 11.3. The Hall–Kier alpha value is -3.04. The molecule has 1 aromatic heterocycles. The Morgan fingerprint density at radius 2 is 1.86 bits per heavy atom. The van der Waals surface area contributed by atoms with Crippen molar-refractivity contribution in [3.8, 4) is 11.5 Å². The fraction of sp³-hybridized carbons (Fsp3) is 0.192. The van der Waals surface area contributed by atoms with Gasteiger partial charge in [-0.05, 0) is 36.4 Å². The Morgan fingerprint density at radius 1 is 1.11 bits per heavy atom. The van der Waals surface area contributed by atoms with E-state index < -0.39 is 16.8 Å². The average Bonchev–Trinajstić information content (AvgIpc) is 3.28. The summed E-state index contributed by atoms with van der Waals surface area (Å²) in [5, 5.41) is 14.3. The topological polar surface area (TPSA) is 101 Å². The van der Waals surface area contributed by atoms with Gasteiger partial charge in [-0.25, -0.2) is 0 Å². The number of aliphatic hydroxyl groups excluding tert-OH is 1. The zero-order valence-electron chi connectivity index (χ0n) is 19.5. The lowest BCUT2D eigenvalue weighted by Crippen LogP contribution is -2.22. The maximum absolute atomic E-state index is 14.0. The number of anilines is 1. The molecule has 2 atom stereocenters. The first-order valence-electron chi connectivity index (χ1n) is 10.9. The first kappa shape index (κ1) is 26.0. The molecule has 0 saturated heterocycles. The molecular formula is C26H24Cl2N2O5S. The summed E-state index contributed by atoms with van der Waals surface area (Å²) in [5.74, 6) is 0.597. The van der Waals surface area contributed by atoms with E-state index in [1.807, 2.05) is 0 Å². The fourth-order valence-corrected chi connectivity index (χ4v) is 4.78. The van der Waals surface area contributed by atoms with E-state index in [2.05, 4.69) is 10.3 Å². The van der Waals surface area contributed by atoms with Crippen molar-refractivity contribution in [2.75, 3.05) is 31.9 Å². The van der Waals surface area contributed by atoms with Crippen molar-refractivity contribution in [3.63, 3.8) is 0 Å². The van der Waals surface area contributed by atoms with Crippen LogP contribution in [-0.2, 0) is 10.8 Å². The van der Waals surface area contributed by atoms with Crippen LogP contribution < -0.4 is 14.8 Å². The molecule has 4 rings (SSSR count). The minimum Gasteiger partial charge on any atom is -0.497 e. The Balaban J connectivity index is 1.85. The van der Waals surface area contributed by atoms with Gasteiger partial charge in [0.1, 0.15) is 24.1 Å². The molecular weight excluding hydrogens is 523 g/mol. The number of carbonyl (C=O) groups is 1. The molecule has 7 nitrogen and oxygen atoms in total. The highest BCUT2D eigenvalue weighted by atomic mass is 35.5. The molecule has 2 unspecified atom stereocenters. The van der Waals surface area contributed by atoms with Gasteiger partial charge in [0.2, 0.25) is 0 Å². The molecule has 0 saturated carbocycles. The van der Waals surface area contributed by atoms with Crippen LogP contribution in [0.3, 0.4) is 0 Å². The van der Waals surface area contributed by atoms with E-state index in [0.29, 0.717) is 48.6 Å². The number of H-pyrrole nitrogens is 1. The van der Waals surface area contributed by atoms with Crippen LogP contribution in [0.4, 0.5) is 5.69 Å². The minimum atomic E-state index is -1.28. The van der Waals surface area contributed by atoms with Gasteiger partial charge in [-0.1, -0.05) is 35.3 Å². The number of benzene rings is 3. The van der Waals surface area contributed by atoms with Gasteiger partial charge in [-0.3, -0.25) is 9.00 Å². The van der Waals surface area contributed by atoms with Crippen LogP contribution in [-0.4, -0.2) is 46.7 Å². The molecule has 10 heteroatoms. The molecule has 3 N–H and O–H groups in total. The van der Waals surface area contributed by atoms with Crippen molar-refractivity contribution in [1.29, 1.82) is 0 Å². The standard InChI is InChI=1S/C26H24Cl2N2O5S/c1-34-18-11-17(12-19(13-18)36(2)33)30-25(21-6-4-16(28)10-24(21)35-8-7-31)26(32)22-14-29-23-9-15(27)3-5-20(22)23/h3-6,9-14,25,29-31H,7-8H2,1-2H3. The summed E-state index contributed by atoms with van der Waals surface area (Å²) < 4.78 is 23.3. The number of hydrogen-bond acceptors (Lipinski definition) is 6. The fourth-order valence-electron chi connectivity index (χ4n) is 3.88. The highest BCUT2D eigenvalue weighted by Crippen LogP contribution is 2.36. The normalized spacial score (nSPS) is 12.8. The van der Waals surface area contributed by atoms with E-state index >= 15 is 0 Å². The third-order valence-corrected chi connectivity index (χ3v) is 6.94. The number of ketones is 1. The smallest absolute Gasteiger partial charge is 0.191 e. The SMILES string of the molecule is COc1cc(NC(C(=O)c2c[nH]c3cc(Cl)ccc23)c2ccc(Cl)cc2OCCO)cc(S(C)=O)c1. The summed E-state index contributed by atoms with van der Waals surface area (Å²) in [6.07, 6.45) is 3.21. The molecule has 4 aromatic rings. The number of nitrogens with one attached hydrogen (secondary N) is 2. The number of Topliss-reactive ketones (excluding diaryl/α,β-unsaturated/α-hetero) is 1. The van der Waals surface area contributed by atoms with Crippen molar-refractivity contribution in [1.82, 2.24) is 4.98 Å². The Morgan fingerprint density at radius 3 is 2.58 bits per heavy atom. The van der Waals surface area contributed by atoms with Gasteiger partial charge >= 0.3 is 0 Å². The number of fused-ring (bicyclic) bond motifs is 1. The molecule has 0 aliphatic carbocycles. The molecule has 0 spiro atoms. The molecule has 0 aliphatic rings. The minimum absolute atomic E-state index is 0.0258. The molecule has 0 bridgehead atoms. The van der Waals surface area contributed by atoms with Crippen LogP contribution in [0.2, 0.25) is 10.0 Å². The first-order chi connectivity index (χ1) is 17.3. The summed E-state index contributed by atoms with van der Waals surface area (Å²) in [6.45, 7) is -0.180. The lowest BCUT2D eigenvalue weighted by Gasteiger charge is -2.23. The van der Waals surface area contributed by atoms with Crippen molar-refractivity contribution >= 4 is 56.4 Å². The molecule has 3 aromatic carbocycles. The van der Waals surface area contributed by atoms with E-state index in [-0.39, 0.29) is 19.0 Å². The van der Waals surface area contributed by atoms with Crippen molar-refractivity contribution in [3.05, 3.63) is 82.0 Å². The highest BCUT2D eigenvalue weighted by Gasteiger charge is 2.28. The lowest BCUT2D eigenvalue weighted by atomic mass is 9.95. The predicted octanol–water partition coefficient (Wildman–Crippen LogP) is 5.63. The van der Waals surface area contributed by atoms with E-state index in [0.717, 1.165) is 5.52 Å². The number of hydrogen-bond donors (Lipinski definition) is 3. The van der Waals surface area contributed by atoms with E-state index in [1.165, 1.54) is 7.11 Å². The second-order valence-electron chi connectivity index (χ2n) is 7.94. The molecule has 0 radical (unpaired) electrons. The van der Waals surface area contributed by atoms with Gasteiger partial charge in [0.05, 0.1) is 13.7 Å². The van der Waals surface area contributed by atoms with Gasteiger partial charge in [0.15, 0.2) is 5.78 Å². The molecule has 36 heavy (non-hydrogen) atoms. The number of carbonyl (C=O) groups excluding carboxylic acids is 1. The summed E-state index contributed by atoms with van der Waals surface area (Å²) in [4.78, 5) is 17.7. The van der Waals surface area contributed by atoms with E-state index in [9.17, 15) is 14.1 Å². The molecule has 0 fully saturated rings. The zero-order chi connectivity index (χ0) is 25.8. The number of aromatic nitrogens is 1. The van der Waals surface area contributed by atoms with Crippen molar-refractivity contribution in [2.24, 2.45) is 0 Å². The Bertz CT molecular complexity index is 1440. The summed E-state index contributed by atoms with van der Waals surface area (Å²) >= 11 is 12.3. The van der Waals surface area contributed by atoms with Crippen LogP contribution in [0.5, 0.6) is 11.5 Å². The van der Waals surface area contributed by atoms with E-state index in [1.54, 1.807) is 67.0 Å². The Kier molecular flexibility index (Phi) is 8.21. The molecule has 1 heterocycles. The average molecular weight is 547 g/mol. The molecule has 0 amide bonds. The largest absolute Gasteiger partial charge is 0.497 e. The van der Waals surface area contributed by atoms with Crippen LogP contribution in [0.1, 0.15) is 22.0 Å². The van der Waals surface area contributed by atoms with Gasteiger partial charge in [-0.2, -0.15) is 0 Å². The van der Waals surface area contributed by atoms with Crippen molar-refractivity contribution < 1.29 is 23.6 Å². The zero-order valence-corrected chi connectivity index (χ0v) is 21.8. The lowest BCUT2D eigenvalue weighted by molar-refractivity contribution is 0.0969. The molecule has 188 valence electrons. The number of methoxy groups -OCH3 is 1. The van der Waals surface area contributed by atoms with Gasteiger partial charge in [0, 0.05) is 72.0 Å². The predicted molar refractivity (Wildman–Crippen MR) is 143 cm³/mol. The third kappa shape index (κ3) is 5.68. The number of halogens is 2. The van der Waals surface area contributed by atoms with Crippen LogP contribution in [0.15, 0.2) is 65.7 Å². The third-order valence-electron chi connectivity index (χ3n) is 5.57. The highest BCUT2D eigenvalue weighted by molar-refractivity contribution is 7.84. The first-order valence-corrected chi connectivity index (χ1v) is 13.2. The van der Waals surface area contributed by atoms with Gasteiger partial charge in [-0.15, -0.1) is 0 Å². The number of aromatic amines is 1. The van der Waals surface area contributed by atoms with Crippen LogP contribution >= 0.6 is 23.2 Å². The number of ether oxygens (including phenoxy) is 2. The quantitative estimate of drug-likeness (QED) is 0.223. The maximum Gasteiger partial charge on any atom is 0.191 e. The molecule has 0 aliphatic heterocycles. The van der Waals surface area contributed by atoms with Crippen LogP contribution in [0, 0.1) is 0 Å². The van der Waals surface area contributed by atoms with E-state index in [4.69, 9.17) is 32.7 Å².